The van der Waals surface area contributed by atoms with Crippen molar-refractivity contribution in [2.24, 2.45) is 67.1 Å². The summed E-state index contributed by atoms with van der Waals surface area (Å²) in [5.41, 5.74) is 19.7. The number of hydrogen-bond donors (Lipinski definition) is 0. The lowest BCUT2D eigenvalue weighted by Crippen LogP contribution is -2.49. The molecule has 0 N–H and O–H groups in total. The Morgan fingerprint density at radius 3 is 1.43 bits per heavy atom. The highest BCUT2D eigenvalue weighted by Gasteiger charge is 2.53. The summed E-state index contributed by atoms with van der Waals surface area (Å²) < 4.78 is 30.3. The zero-order valence-corrected chi connectivity index (χ0v) is 59.3. The van der Waals surface area contributed by atoms with Crippen molar-refractivity contribution in [1.29, 1.82) is 0 Å². The van der Waals surface area contributed by atoms with Crippen molar-refractivity contribution in [3.63, 3.8) is 0 Å². The highest BCUT2D eigenvalue weighted by Crippen LogP contribution is 2.60. The Labute approximate surface area is 567 Å². The van der Waals surface area contributed by atoms with Crippen molar-refractivity contribution >= 4 is 6.08 Å². The molecule has 3 aromatic carbocycles. The second kappa shape index (κ2) is 29.7. The number of hydrogen-bond acceptors (Lipinski definition) is 10. The third-order valence-electron chi connectivity index (χ3n) is 19.0. The van der Waals surface area contributed by atoms with Gasteiger partial charge >= 0.3 is 0 Å². The minimum absolute atomic E-state index is 0.456. The molecular weight excluding hydrogens is 1190 g/mol. The Balaban J connectivity index is 0.000000126. The van der Waals surface area contributed by atoms with E-state index in [1.165, 1.54) is 83.6 Å². The van der Waals surface area contributed by atoms with Gasteiger partial charge in [-0.25, -0.2) is 15.0 Å². The molecular formula is C79H96N14O3. The van der Waals surface area contributed by atoms with Crippen molar-refractivity contribution < 1.29 is 13.9 Å². The Morgan fingerprint density at radius 1 is 0.469 bits per heavy atom. The van der Waals surface area contributed by atoms with E-state index in [1.54, 1.807) is 29.4 Å². The molecule has 10 heterocycles. The number of pyridine rings is 1. The number of imidazole rings is 2. The van der Waals surface area contributed by atoms with Gasteiger partial charge in [-0.1, -0.05) is 73.3 Å². The van der Waals surface area contributed by atoms with E-state index in [0.29, 0.717) is 11.3 Å². The average molecular weight is 1290 g/mol. The topological polar surface area (TPSA) is 156 Å². The number of benzene rings is 3. The van der Waals surface area contributed by atoms with E-state index >= 15 is 0 Å². The number of aryl methyl sites for hydroxylation is 12. The Bertz CT molecular complexity index is 4340. The molecule has 4 bridgehead atoms. The monoisotopic (exact) mass is 1290 g/mol. The number of fused-ring (bicyclic) bond motifs is 1. The third-order valence-corrected chi connectivity index (χ3v) is 19.0. The normalized spacial score (nSPS) is 17.2. The molecule has 0 saturated heterocycles. The van der Waals surface area contributed by atoms with Crippen LogP contribution < -0.4 is 9.47 Å². The summed E-state index contributed by atoms with van der Waals surface area (Å²) in [5.74, 6) is 7.17. The predicted octanol–water partition coefficient (Wildman–Crippen LogP) is 17.0. The van der Waals surface area contributed by atoms with E-state index in [-0.39, 0.29) is 0 Å². The van der Waals surface area contributed by atoms with Gasteiger partial charge in [0.2, 0.25) is 17.6 Å². The fraction of sp³-hybridized carbons (Fsp3) is 0.354. The molecule has 17 nitrogen and oxygen atoms in total. The van der Waals surface area contributed by atoms with Gasteiger partial charge in [0.15, 0.2) is 5.75 Å². The summed E-state index contributed by atoms with van der Waals surface area (Å²) in [5, 5.41) is 12.7. The lowest BCUT2D eigenvalue weighted by molar-refractivity contribution is -0.0472. The van der Waals surface area contributed by atoms with Gasteiger partial charge in [0.25, 0.3) is 0 Å². The SMILES string of the molecule is C=Cc1cc(C)n(C)n1.Cc1cc(-c2ccccn2)nn1C.Cc1cc(-c2ncco2)nn1C.Cc1cc(C)n(C)c1.Cc1cc2c(n1C)OC(C)(C)O2.Cc1cnc(-c2cc(-c3ccccc3)cc(-c3ccccc3)c2)n1C.Cc1cnc(C23CC4CC(CC(C4)C2)C3)n1C. The van der Waals surface area contributed by atoms with E-state index in [4.69, 9.17) is 18.9 Å². The maximum Gasteiger partial charge on any atom is 0.247 e. The van der Waals surface area contributed by atoms with Gasteiger partial charge in [0.05, 0.1) is 17.6 Å². The zero-order chi connectivity index (χ0) is 68.6. The van der Waals surface area contributed by atoms with Crippen LogP contribution in [0.15, 0.2) is 176 Å². The van der Waals surface area contributed by atoms with E-state index in [1.807, 2.05) is 144 Å². The number of nitrogens with zero attached hydrogens (tertiary/aromatic N) is 14. The van der Waals surface area contributed by atoms with Gasteiger partial charge in [-0.15, -0.1) is 0 Å². The lowest BCUT2D eigenvalue weighted by atomic mass is 9.49. The summed E-state index contributed by atoms with van der Waals surface area (Å²) in [6.45, 7) is 23.9. The first kappa shape index (κ1) is 68.8. The fourth-order valence-electron chi connectivity index (χ4n) is 13.6. The van der Waals surface area contributed by atoms with Gasteiger partial charge in [-0.05, 0) is 200 Å². The third kappa shape index (κ3) is 16.4. The molecule has 9 aromatic heterocycles. The van der Waals surface area contributed by atoms with Crippen LogP contribution in [-0.2, 0) is 54.7 Å². The molecule has 17 rings (SSSR count). The Kier molecular flexibility index (Phi) is 21.3. The summed E-state index contributed by atoms with van der Waals surface area (Å²) in [6, 6.07) is 43.7. The van der Waals surface area contributed by atoms with Gasteiger partial charge in [-0.3, -0.25) is 19.0 Å². The first-order valence-electron chi connectivity index (χ1n) is 33.2. The van der Waals surface area contributed by atoms with E-state index < -0.39 is 5.79 Å². The fourth-order valence-corrected chi connectivity index (χ4v) is 13.6. The Morgan fingerprint density at radius 2 is 1.01 bits per heavy atom. The highest BCUT2D eigenvalue weighted by atomic mass is 16.7. The van der Waals surface area contributed by atoms with Crippen LogP contribution in [0, 0.1) is 73.1 Å². The number of oxazole rings is 1. The van der Waals surface area contributed by atoms with Gasteiger partial charge in [0, 0.05) is 145 Å². The van der Waals surface area contributed by atoms with Crippen molar-refractivity contribution in [2.45, 2.75) is 119 Å². The van der Waals surface area contributed by atoms with Gasteiger partial charge in [-0.2, -0.15) is 15.3 Å². The molecule has 0 atom stereocenters. The van der Waals surface area contributed by atoms with Crippen molar-refractivity contribution in [3.05, 3.63) is 228 Å². The van der Waals surface area contributed by atoms with Crippen LogP contribution in [0.25, 0.3) is 62.7 Å². The molecule has 12 aromatic rings. The predicted molar refractivity (Wildman–Crippen MR) is 385 cm³/mol. The van der Waals surface area contributed by atoms with Crippen LogP contribution in [0.4, 0.5) is 0 Å². The quantitative estimate of drug-likeness (QED) is 0.150. The van der Waals surface area contributed by atoms with Crippen LogP contribution >= 0.6 is 0 Å². The summed E-state index contributed by atoms with van der Waals surface area (Å²) in [4.78, 5) is 17.6. The minimum Gasteiger partial charge on any atom is -0.447 e. The average Bonchev–Trinajstić information content (AvgIpc) is 0.945. The molecule has 17 heteroatoms. The molecule has 4 aliphatic carbocycles. The van der Waals surface area contributed by atoms with Crippen molar-refractivity contribution in [1.82, 2.24) is 67.5 Å². The summed E-state index contributed by atoms with van der Waals surface area (Å²) >= 11 is 0. The van der Waals surface area contributed by atoms with Crippen molar-refractivity contribution in [2.75, 3.05) is 0 Å². The molecule has 4 fully saturated rings. The maximum atomic E-state index is 5.59. The molecule has 1 aliphatic heterocycles. The van der Waals surface area contributed by atoms with Crippen LogP contribution in [0.1, 0.15) is 109 Å². The second-order valence-electron chi connectivity index (χ2n) is 26.9. The van der Waals surface area contributed by atoms with E-state index in [2.05, 4.69) is 185 Å². The van der Waals surface area contributed by atoms with E-state index in [0.717, 1.165) is 92.0 Å². The molecule has 0 spiro atoms. The summed E-state index contributed by atoms with van der Waals surface area (Å²) in [7, 11) is 14.0. The van der Waals surface area contributed by atoms with Crippen LogP contribution in [0.5, 0.6) is 11.6 Å². The molecule has 500 valence electrons. The number of ether oxygens (including phenoxy) is 2. The highest BCUT2D eigenvalue weighted by molar-refractivity contribution is 5.79. The van der Waals surface area contributed by atoms with Crippen molar-refractivity contribution in [3.8, 4) is 68.2 Å². The zero-order valence-electron chi connectivity index (χ0n) is 59.3. The molecule has 0 unspecified atom stereocenters. The van der Waals surface area contributed by atoms with Gasteiger partial charge < -0.3 is 32.2 Å². The molecule has 96 heavy (non-hydrogen) atoms. The van der Waals surface area contributed by atoms with Crippen LogP contribution in [0.3, 0.4) is 0 Å². The first-order valence-corrected chi connectivity index (χ1v) is 33.2. The maximum absolute atomic E-state index is 5.59. The second-order valence-corrected chi connectivity index (χ2v) is 26.9. The van der Waals surface area contributed by atoms with E-state index in [9.17, 15) is 0 Å². The Hall–Kier alpha value is -10.0. The molecule has 5 aliphatic rings. The van der Waals surface area contributed by atoms with Crippen LogP contribution in [-0.4, -0.2) is 73.3 Å². The largest absolute Gasteiger partial charge is 0.447 e. The lowest BCUT2D eigenvalue weighted by Gasteiger charge is -2.56. The molecule has 0 amide bonds. The number of rotatable bonds is 7. The molecule has 4 saturated carbocycles. The van der Waals surface area contributed by atoms with Crippen LogP contribution in [0.2, 0.25) is 0 Å². The van der Waals surface area contributed by atoms with Gasteiger partial charge in [0.1, 0.15) is 29.3 Å². The standard InChI is InChI=1S/C23H20N2.C15H22N2.C10H11N3.C9H13NO2.C8H9N3O.C7H10N2.C7H11N/c1-17-16-24-23(25(17)2)22-14-20(18-9-5-3-6-10-18)13-21(15-22)19-11-7-4-8-12-19;1-10-9-16-14(17(10)2)15-6-11-3-12(7-15)5-13(4-11)8-15;1-8-7-10(12-13(8)2)9-5-3-4-6-11-9;1-6-5-7-8(10(6)4)12-9(2,3)11-7;1-6-5-7(10-11(6)2)8-9-3-4-12-8;1-4-7-5-6(2)9(3)8-7;1-6-4-7(2)8(3)5-6/h3-16H,1-2H3;9,11-13H,3-8H2,1-2H3;3-7H,1-2H3;5H,1-4H3;3-5H,1-2H3;4-5H,1H2,2-3H3;4-5H,1-3H3. The summed E-state index contributed by atoms with van der Waals surface area (Å²) in [6.07, 6.45) is 21.6. The first-order chi connectivity index (χ1) is 45.9. The molecule has 0 radical (unpaired) electrons. The minimum atomic E-state index is -0.504. The number of aromatic nitrogens is 14. The smallest absolute Gasteiger partial charge is 0.247 e.